The van der Waals surface area contributed by atoms with Crippen molar-refractivity contribution in [1.82, 2.24) is 0 Å². The van der Waals surface area contributed by atoms with Crippen LogP contribution in [-0.4, -0.2) is 17.0 Å². The molecule has 0 atom stereocenters. The standard InChI is InChI=1S/C19H18F3NO3/c1-18(2,17(25)26)13-7-9-14(10-8-13)23-16(24)11-12-5-3-4-6-15(12)19(20,21)22/h3-10H,11H2,1-2H3,(H,23,24)(H,25,26). The highest BCUT2D eigenvalue weighted by atomic mass is 19.4. The number of hydrogen-bond acceptors (Lipinski definition) is 2. The van der Waals surface area contributed by atoms with E-state index in [1.807, 2.05) is 0 Å². The highest BCUT2D eigenvalue weighted by molar-refractivity contribution is 5.92. The molecule has 0 heterocycles. The number of benzene rings is 2. The molecular formula is C19H18F3NO3. The van der Waals surface area contributed by atoms with Gasteiger partial charge in [-0.25, -0.2) is 0 Å². The minimum atomic E-state index is -4.53. The summed E-state index contributed by atoms with van der Waals surface area (Å²) in [7, 11) is 0. The molecule has 26 heavy (non-hydrogen) atoms. The van der Waals surface area contributed by atoms with Crippen LogP contribution in [0.15, 0.2) is 48.5 Å². The molecule has 4 nitrogen and oxygen atoms in total. The molecule has 0 aliphatic rings. The summed E-state index contributed by atoms with van der Waals surface area (Å²) < 4.78 is 38.9. The molecule has 7 heteroatoms. The van der Waals surface area contributed by atoms with E-state index >= 15 is 0 Å². The number of amides is 1. The molecule has 0 saturated heterocycles. The Labute approximate surface area is 148 Å². The second-order valence-electron chi connectivity index (χ2n) is 6.39. The van der Waals surface area contributed by atoms with E-state index in [4.69, 9.17) is 0 Å². The predicted octanol–water partition coefficient (Wildman–Crippen LogP) is 4.25. The molecule has 0 aliphatic heterocycles. The maximum absolute atomic E-state index is 13.0. The summed E-state index contributed by atoms with van der Waals surface area (Å²) in [4.78, 5) is 23.3. The Kier molecular flexibility index (Phi) is 5.39. The highest BCUT2D eigenvalue weighted by Crippen LogP contribution is 2.32. The van der Waals surface area contributed by atoms with E-state index in [2.05, 4.69) is 5.32 Å². The third-order valence-corrected chi connectivity index (χ3v) is 4.10. The first kappa shape index (κ1) is 19.5. The van der Waals surface area contributed by atoms with Crippen molar-refractivity contribution in [2.75, 3.05) is 5.32 Å². The summed E-state index contributed by atoms with van der Waals surface area (Å²) in [6.07, 6.45) is -4.95. The number of carbonyl (C=O) groups excluding carboxylic acids is 1. The normalized spacial score (nSPS) is 11.9. The summed E-state index contributed by atoms with van der Waals surface area (Å²) in [5.41, 5.74) is -1.11. The lowest BCUT2D eigenvalue weighted by Gasteiger charge is -2.20. The molecule has 138 valence electrons. The molecule has 1 amide bonds. The quantitative estimate of drug-likeness (QED) is 0.833. The van der Waals surface area contributed by atoms with Gasteiger partial charge in [-0.1, -0.05) is 30.3 Å². The minimum absolute atomic E-state index is 0.110. The van der Waals surface area contributed by atoms with Gasteiger partial charge in [-0.15, -0.1) is 0 Å². The molecule has 0 radical (unpaired) electrons. The van der Waals surface area contributed by atoms with Crippen LogP contribution in [0.25, 0.3) is 0 Å². The molecule has 0 unspecified atom stereocenters. The van der Waals surface area contributed by atoms with E-state index in [9.17, 15) is 27.9 Å². The zero-order valence-corrected chi connectivity index (χ0v) is 14.2. The van der Waals surface area contributed by atoms with Crippen molar-refractivity contribution < 1.29 is 27.9 Å². The van der Waals surface area contributed by atoms with Crippen LogP contribution < -0.4 is 5.32 Å². The van der Waals surface area contributed by atoms with Crippen molar-refractivity contribution in [3.05, 3.63) is 65.2 Å². The summed E-state index contributed by atoms with van der Waals surface area (Å²) in [5.74, 6) is -1.58. The third-order valence-electron chi connectivity index (χ3n) is 4.10. The fourth-order valence-corrected chi connectivity index (χ4v) is 2.42. The van der Waals surface area contributed by atoms with Gasteiger partial charge in [0.05, 0.1) is 17.4 Å². The Balaban J connectivity index is 2.11. The second kappa shape index (κ2) is 7.19. The lowest BCUT2D eigenvalue weighted by atomic mass is 9.85. The zero-order chi connectivity index (χ0) is 19.5. The largest absolute Gasteiger partial charge is 0.481 e. The highest BCUT2D eigenvalue weighted by Gasteiger charge is 2.33. The third kappa shape index (κ3) is 4.41. The van der Waals surface area contributed by atoms with Gasteiger partial charge in [0, 0.05) is 5.69 Å². The number of carboxylic acids is 1. The van der Waals surface area contributed by atoms with E-state index in [0.29, 0.717) is 11.3 Å². The molecule has 0 aromatic heterocycles. The molecule has 0 spiro atoms. The first-order chi connectivity index (χ1) is 12.0. The average Bonchev–Trinajstić information content (AvgIpc) is 2.54. The van der Waals surface area contributed by atoms with Crippen molar-refractivity contribution in [2.45, 2.75) is 31.9 Å². The van der Waals surface area contributed by atoms with Crippen molar-refractivity contribution in [3.8, 4) is 0 Å². The number of rotatable bonds is 5. The molecular weight excluding hydrogens is 347 g/mol. The molecule has 2 rings (SSSR count). The topological polar surface area (TPSA) is 66.4 Å². The number of aliphatic carboxylic acids is 1. The molecule has 2 aromatic rings. The van der Waals surface area contributed by atoms with E-state index in [-0.39, 0.29) is 5.56 Å². The lowest BCUT2D eigenvalue weighted by Crippen LogP contribution is -2.28. The Morgan fingerprint density at radius 1 is 1.00 bits per heavy atom. The van der Waals surface area contributed by atoms with Crippen LogP contribution >= 0.6 is 0 Å². The average molecular weight is 365 g/mol. The van der Waals surface area contributed by atoms with E-state index < -0.39 is 35.5 Å². The van der Waals surface area contributed by atoms with Crippen molar-refractivity contribution in [2.24, 2.45) is 0 Å². The lowest BCUT2D eigenvalue weighted by molar-refractivity contribution is -0.142. The molecule has 0 bridgehead atoms. The zero-order valence-electron chi connectivity index (χ0n) is 14.2. The SMILES string of the molecule is CC(C)(C(=O)O)c1ccc(NC(=O)Cc2ccccc2C(F)(F)F)cc1. The Morgan fingerprint density at radius 3 is 2.12 bits per heavy atom. The van der Waals surface area contributed by atoms with Crippen LogP contribution in [-0.2, 0) is 27.6 Å². The number of anilines is 1. The predicted molar refractivity (Wildman–Crippen MR) is 90.9 cm³/mol. The number of alkyl halides is 3. The van der Waals surface area contributed by atoms with Gasteiger partial charge in [0.25, 0.3) is 0 Å². The van der Waals surface area contributed by atoms with Crippen LogP contribution in [0.5, 0.6) is 0 Å². The summed E-state index contributed by atoms with van der Waals surface area (Å²) >= 11 is 0. The second-order valence-corrected chi connectivity index (χ2v) is 6.39. The molecule has 2 aromatic carbocycles. The van der Waals surface area contributed by atoms with E-state index in [0.717, 1.165) is 6.07 Å². The van der Waals surface area contributed by atoms with Gasteiger partial charge in [0.2, 0.25) is 5.91 Å². The van der Waals surface area contributed by atoms with Crippen LogP contribution in [0.3, 0.4) is 0 Å². The van der Waals surface area contributed by atoms with Gasteiger partial charge in [0.1, 0.15) is 0 Å². The van der Waals surface area contributed by atoms with Crippen molar-refractivity contribution in [3.63, 3.8) is 0 Å². The first-order valence-electron chi connectivity index (χ1n) is 7.80. The van der Waals surface area contributed by atoms with Crippen LogP contribution in [0.4, 0.5) is 18.9 Å². The van der Waals surface area contributed by atoms with E-state index in [1.165, 1.54) is 30.3 Å². The maximum atomic E-state index is 13.0. The van der Waals surface area contributed by atoms with Gasteiger partial charge >= 0.3 is 12.1 Å². The number of carbonyl (C=O) groups is 2. The van der Waals surface area contributed by atoms with Crippen LogP contribution in [0.1, 0.15) is 30.5 Å². The molecule has 0 fully saturated rings. The van der Waals surface area contributed by atoms with Gasteiger partial charge in [0.15, 0.2) is 0 Å². The molecule has 2 N–H and O–H groups in total. The van der Waals surface area contributed by atoms with Gasteiger partial charge < -0.3 is 10.4 Å². The first-order valence-corrected chi connectivity index (χ1v) is 7.80. The van der Waals surface area contributed by atoms with Gasteiger partial charge in [-0.2, -0.15) is 13.2 Å². The summed E-state index contributed by atoms with van der Waals surface area (Å²) in [5, 5.41) is 11.7. The minimum Gasteiger partial charge on any atom is -0.481 e. The monoisotopic (exact) mass is 365 g/mol. The summed E-state index contributed by atoms with van der Waals surface area (Å²) in [6.45, 7) is 3.11. The fraction of sp³-hybridized carbons (Fsp3) is 0.263. The number of nitrogens with one attached hydrogen (secondary N) is 1. The van der Waals surface area contributed by atoms with Crippen molar-refractivity contribution >= 4 is 17.6 Å². The Bertz CT molecular complexity index is 812. The fourth-order valence-electron chi connectivity index (χ4n) is 2.42. The molecule has 0 saturated carbocycles. The smallest absolute Gasteiger partial charge is 0.416 e. The van der Waals surface area contributed by atoms with Crippen LogP contribution in [0.2, 0.25) is 0 Å². The van der Waals surface area contributed by atoms with Crippen LogP contribution in [0, 0.1) is 0 Å². The summed E-state index contributed by atoms with van der Waals surface area (Å²) in [6, 6.07) is 11.1. The van der Waals surface area contributed by atoms with Crippen molar-refractivity contribution in [1.29, 1.82) is 0 Å². The number of carboxylic acid groups (broad SMARTS) is 1. The van der Waals surface area contributed by atoms with E-state index in [1.54, 1.807) is 26.0 Å². The Morgan fingerprint density at radius 2 is 1.58 bits per heavy atom. The van der Waals surface area contributed by atoms with Gasteiger partial charge in [-0.3, -0.25) is 9.59 Å². The number of hydrogen-bond donors (Lipinski definition) is 2. The number of halogens is 3. The Hall–Kier alpha value is -2.83. The molecule has 0 aliphatic carbocycles. The van der Waals surface area contributed by atoms with Gasteiger partial charge in [-0.05, 0) is 43.2 Å². The maximum Gasteiger partial charge on any atom is 0.416 e.